The summed E-state index contributed by atoms with van der Waals surface area (Å²) in [5.74, 6) is 0.465. The van der Waals surface area contributed by atoms with Gasteiger partial charge in [0.05, 0.1) is 11.1 Å². The number of cyclic esters (lactones) is 1. The molecule has 2 rings (SSSR count). The minimum atomic E-state index is -0.626. The van der Waals surface area contributed by atoms with Gasteiger partial charge in [-0.05, 0) is 27.7 Å². The van der Waals surface area contributed by atoms with Crippen molar-refractivity contribution in [2.45, 2.75) is 57.2 Å². The van der Waals surface area contributed by atoms with Gasteiger partial charge in [-0.15, -0.1) is 0 Å². The average molecular weight is 226 g/mol. The van der Waals surface area contributed by atoms with Gasteiger partial charge in [-0.2, -0.15) is 0 Å². The number of hydrogen-bond acceptors (Lipinski definition) is 3. The highest BCUT2D eigenvalue weighted by Crippen LogP contribution is 2.43. The third-order valence-electron chi connectivity index (χ3n) is 3.26. The zero-order chi connectivity index (χ0) is 12.2. The maximum absolute atomic E-state index is 11.2. The molecule has 2 fully saturated rings. The standard InChI is InChI=1S/C12H19NO3/c1-8-12(16-9(14)15-8)6-10(2,3)13-11(4,5)7-12/h13H,1,6-7H2,2-5H3/p+1. The highest BCUT2D eigenvalue weighted by molar-refractivity contribution is 5.66. The molecular weight excluding hydrogens is 206 g/mol. The summed E-state index contributed by atoms with van der Waals surface area (Å²) in [6.45, 7) is 12.4. The summed E-state index contributed by atoms with van der Waals surface area (Å²) < 4.78 is 10.4. The van der Waals surface area contributed by atoms with Gasteiger partial charge in [-0.3, -0.25) is 0 Å². The summed E-state index contributed by atoms with van der Waals surface area (Å²) in [5, 5.41) is 2.32. The number of nitrogens with two attached hydrogens (primary N) is 1. The van der Waals surface area contributed by atoms with Crippen LogP contribution in [0.25, 0.3) is 0 Å². The number of rotatable bonds is 0. The lowest BCUT2D eigenvalue weighted by molar-refractivity contribution is -0.791. The van der Waals surface area contributed by atoms with Crippen molar-refractivity contribution >= 4 is 6.16 Å². The first-order valence-electron chi connectivity index (χ1n) is 5.62. The molecule has 0 saturated carbocycles. The van der Waals surface area contributed by atoms with Crippen LogP contribution in [0.2, 0.25) is 0 Å². The fraction of sp³-hybridized carbons (Fsp3) is 0.750. The first kappa shape index (κ1) is 11.5. The SMILES string of the molecule is C=C1OC(=O)OC12CC(C)(C)[NH2+]C(C)(C)C2. The highest BCUT2D eigenvalue weighted by Gasteiger charge is 2.58. The van der Waals surface area contributed by atoms with Crippen LogP contribution < -0.4 is 5.32 Å². The molecule has 4 heteroatoms. The Morgan fingerprint density at radius 1 is 1.19 bits per heavy atom. The fourth-order valence-electron chi connectivity index (χ4n) is 3.39. The van der Waals surface area contributed by atoms with Crippen LogP contribution in [0.1, 0.15) is 40.5 Å². The molecule has 0 aliphatic carbocycles. The normalized spacial score (nSPS) is 30.0. The second kappa shape index (κ2) is 3.00. The summed E-state index contributed by atoms with van der Waals surface area (Å²) in [5.41, 5.74) is -0.601. The van der Waals surface area contributed by atoms with Crippen LogP contribution in [0.3, 0.4) is 0 Å². The second-order valence-corrected chi connectivity index (χ2v) is 6.35. The maximum Gasteiger partial charge on any atom is 0.514 e. The summed E-state index contributed by atoms with van der Waals surface area (Å²) in [6.07, 6.45) is 0.876. The van der Waals surface area contributed by atoms with E-state index in [1.165, 1.54) is 0 Å². The lowest BCUT2D eigenvalue weighted by Crippen LogP contribution is -3.06. The summed E-state index contributed by atoms with van der Waals surface area (Å²) in [7, 11) is 0. The first-order chi connectivity index (χ1) is 7.14. The van der Waals surface area contributed by atoms with Crippen molar-refractivity contribution in [2.75, 3.05) is 0 Å². The van der Waals surface area contributed by atoms with E-state index in [0.29, 0.717) is 5.76 Å². The molecule has 4 nitrogen and oxygen atoms in total. The van der Waals surface area contributed by atoms with Gasteiger partial charge in [-0.1, -0.05) is 6.58 Å². The zero-order valence-corrected chi connectivity index (χ0v) is 10.4. The van der Waals surface area contributed by atoms with E-state index in [1.807, 2.05) is 0 Å². The van der Waals surface area contributed by atoms with Gasteiger partial charge in [0.2, 0.25) is 0 Å². The molecule has 0 aromatic carbocycles. The van der Waals surface area contributed by atoms with Gasteiger partial charge >= 0.3 is 6.16 Å². The minimum Gasteiger partial charge on any atom is -0.419 e. The fourth-order valence-corrected chi connectivity index (χ4v) is 3.39. The van der Waals surface area contributed by atoms with Crippen molar-refractivity contribution in [1.29, 1.82) is 0 Å². The van der Waals surface area contributed by atoms with Crippen molar-refractivity contribution < 1.29 is 19.6 Å². The quantitative estimate of drug-likeness (QED) is 0.634. The molecule has 0 bridgehead atoms. The van der Waals surface area contributed by atoms with Crippen LogP contribution >= 0.6 is 0 Å². The molecule has 2 aliphatic rings. The molecule has 0 amide bonds. The number of carbonyl (C=O) groups excluding carboxylic acids is 1. The monoisotopic (exact) mass is 226 g/mol. The molecule has 1 spiro atoms. The Bertz CT molecular complexity index is 341. The summed E-state index contributed by atoms with van der Waals surface area (Å²) in [4.78, 5) is 11.2. The maximum atomic E-state index is 11.2. The molecule has 16 heavy (non-hydrogen) atoms. The number of piperidine rings is 1. The van der Waals surface area contributed by atoms with Crippen molar-refractivity contribution in [3.63, 3.8) is 0 Å². The highest BCUT2D eigenvalue weighted by atomic mass is 16.8. The number of carbonyl (C=O) groups is 1. The van der Waals surface area contributed by atoms with Crippen molar-refractivity contribution in [3.05, 3.63) is 12.3 Å². The molecule has 2 aliphatic heterocycles. The molecule has 0 radical (unpaired) electrons. The van der Waals surface area contributed by atoms with Crippen LogP contribution in [0.15, 0.2) is 12.3 Å². The van der Waals surface area contributed by atoms with Crippen LogP contribution in [0, 0.1) is 0 Å². The van der Waals surface area contributed by atoms with Gasteiger partial charge in [0.1, 0.15) is 5.76 Å². The van der Waals surface area contributed by atoms with Gasteiger partial charge in [0.15, 0.2) is 5.60 Å². The van der Waals surface area contributed by atoms with Crippen molar-refractivity contribution in [2.24, 2.45) is 0 Å². The van der Waals surface area contributed by atoms with Gasteiger partial charge in [0, 0.05) is 12.8 Å². The third kappa shape index (κ3) is 1.82. The Morgan fingerprint density at radius 2 is 1.69 bits per heavy atom. The van der Waals surface area contributed by atoms with Gasteiger partial charge in [0.25, 0.3) is 0 Å². The molecule has 90 valence electrons. The van der Waals surface area contributed by atoms with Crippen molar-refractivity contribution in [1.82, 2.24) is 0 Å². The molecule has 2 N–H and O–H groups in total. The Morgan fingerprint density at radius 3 is 2.06 bits per heavy atom. The van der Waals surface area contributed by atoms with Crippen LogP contribution in [0.5, 0.6) is 0 Å². The van der Waals surface area contributed by atoms with Crippen LogP contribution in [-0.4, -0.2) is 22.8 Å². The lowest BCUT2D eigenvalue weighted by Gasteiger charge is -2.46. The first-order valence-corrected chi connectivity index (χ1v) is 5.62. The van der Waals surface area contributed by atoms with E-state index in [9.17, 15) is 4.79 Å². The third-order valence-corrected chi connectivity index (χ3v) is 3.26. The molecule has 0 aromatic rings. The van der Waals surface area contributed by atoms with E-state index in [2.05, 4.69) is 39.6 Å². The number of hydrogen-bond donors (Lipinski definition) is 1. The lowest BCUT2D eigenvalue weighted by atomic mass is 9.72. The average Bonchev–Trinajstić information content (AvgIpc) is 2.17. The molecule has 2 heterocycles. The van der Waals surface area contributed by atoms with E-state index in [1.54, 1.807) is 0 Å². The minimum absolute atomic E-state index is 0.0126. The molecule has 2 saturated heterocycles. The van der Waals surface area contributed by atoms with Crippen LogP contribution in [0.4, 0.5) is 4.79 Å². The largest absolute Gasteiger partial charge is 0.514 e. The molecule has 0 aromatic heterocycles. The zero-order valence-electron chi connectivity index (χ0n) is 10.4. The topological polar surface area (TPSA) is 52.1 Å². The van der Waals surface area contributed by atoms with E-state index in [-0.39, 0.29) is 11.1 Å². The molecule has 0 atom stereocenters. The second-order valence-electron chi connectivity index (χ2n) is 6.35. The smallest absolute Gasteiger partial charge is 0.419 e. The van der Waals surface area contributed by atoms with Crippen molar-refractivity contribution in [3.8, 4) is 0 Å². The number of quaternary nitrogens is 1. The van der Waals surface area contributed by atoms with E-state index in [0.717, 1.165) is 12.8 Å². The Kier molecular flexibility index (Phi) is 2.15. The predicted molar refractivity (Wildman–Crippen MR) is 58.8 cm³/mol. The van der Waals surface area contributed by atoms with Crippen LogP contribution in [-0.2, 0) is 9.47 Å². The van der Waals surface area contributed by atoms with E-state index >= 15 is 0 Å². The summed E-state index contributed by atoms with van der Waals surface area (Å²) >= 11 is 0. The Balaban J connectivity index is 2.35. The van der Waals surface area contributed by atoms with E-state index in [4.69, 9.17) is 9.47 Å². The van der Waals surface area contributed by atoms with E-state index < -0.39 is 11.8 Å². The van der Waals surface area contributed by atoms with Gasteiger partial charge in [-0.25, -0.2) is 4.79 Å². The van der Waals surface area contributed by atoms with Gasteiger partial charge < -0.3 is 14.8 Å². The predicted octanol–water partition coefficient (Wildman–Crippen LogP) is 1.32. The Labute approximate surface area is 96.0 Å². The number of ether oxygens (including phenoxy) is 2. The molecule has 0 unspecified atom stereocenters. The molecular formula is C12H20NO3+. The Hall–Kier alpha value is -1.03. The summed E-state index contributed by atoms with van der Waals surface area (Å²) in [6, 6.07) is 0.